The molecule has 0 aromatic heterocycles. The molecule has 0 unspecified atom stereocenters. The number of hydrogen-bond donors (Lipinski definition) is 2. The maximum Gasteiger partial charge on any atom is 0.317 e. The van der Waals surface area contributed by atoms with Gasteiger partial charge < -0.3 is 20.3 Å². The van der Waals surface area contributed by atoms with Gasteiger partial charge in [-0.05, 0) is 43.4 Å². The second kappa shape index (κ2) is 10.8. The average molecular weight is 410 g/mol. The van der Waals surface area contributed by atoms with Crippen molar-refractivity contribution in [2.45, 2.75) is 31.2 Å². The van der Waals surface area contributed by atoms with E-state index in [0.29, 0.717) is 44.6 Å². The summed E-state index contributed by atoms with van der Waals surface area (Å²) in [6.45, 7) is 2.39. The third kappa shape index (κ3) is 6.07. The van der Waals surface area contributed by atoms with Crippen LogP contribution in [0.2, 0.25) is 0 Å². The molecule has 2 N–H and O–H groups in total. The van der Waals surface area contributed by atoms with E-state index in [4.69, 9.17) is 4.74 Å². The van der Waals surface area contributed by atoms with Gasteiger partial charge in [0.1, 0.15) is 0 Å². The van der Waals surface area contributed by atoms with Gasteiger partial charge in [-0.15, -0.1) is 0 Å². The Morgan fingerprint density at radius 3 is 2.27 bits per heavy atom. The standard InChI is InChI=1S/C24H31N3O3/c1-30-19-15-24(26-22(28)21-10-6-3-7-11-21)13-17-27(18-14-24)23(29)25-16-12-20-8-4-2-5-9-20/h2-11H,12-19H2,1H3,(H,25,29)(H,26,28). The maximum atomic E-state index is 12.7. The molecule has 1 saturated heterocycles. The van der Waals surface area contributed by atoms with E-state index < -0.39 is 0 Å². The fourth-order valence-electron chi connectivity index (χ4n) is 3.85. The van der Waals surface area contributed by atoms with Crippen molar-refractivity contribution in [2.75, 3.05) is 33.4 Å². The van der Waals surface area contributed by atoms with Gasteiger partial charge in [0, 0.05) is 44.5 Å². The van der Waals surface area contributed by atoms with E-state index in [-0.39, 0.29) is 17.5 Å². The van der Waals surface area contributed by atoms with E-state index in [2.05, 4.69) is 22.8 Å². The molecule has 30 heavy (non-hydrogen) atoms. The van der Waals surface area contributed by atoms with Crippen LogP contribution in [0.5, 0.6) is 0 Å². The minimum atomic E-state index is -0.357. The highest BCUT2D eigenvalue weighted by Gasteiger charge is 2.37. The number of carbonyl (C=O) groups excluding carboxylic acids is 2. The third-order valence-electron chi connectivity index (χ3n) is 5.74. The van der Waals surface area contributed by atoms with Crippen molar-refractivity contribution in [3.63, 3.8) is 0 Å². The fourth-order valence-corrected chi connectivity index (χ4v) is 3.85. The molecule has 1 aliphatic heterocycles. The van der Waals surface area contributed by atoms with Gasteiger partial charge in [0.2, 0.25) is 0 Å². The van der Waals surface area contributed by atoms with Crippen LogP contribution in [0.1, 0.15) is 35.2 Å². The van der Waals surface area contributed by atoms with Crippen molar-refractivity contribution in [3.8, 4) is 0 Å². The van der Waals surface area contributed by atoms with Crippen molar-refractivity contribution in [1.82, 2.24) is 15.5 Å². The first kappa shape index (κ1) is 21.8. The van der Waals surface area contributed by atoms with E-state index >= 15 is 0 Å². The van der Waals surface area contributed by atoms with E-state index in [1.807, 2.05) is 53.4 Å². The first-order valence-corrected chi connectivity index (χ1v) is 10.6. The Morgan fingerprint density at radius 1 is 1.00 bits per heavy atom. The highest BCUT2D eigenvalue weighted by Crippen LogP contribution is 2.26. The molecular weight excluding hydrogens is 378 g/mol. The number of piperidine rings is 1. The predicted molar refractivity (Wildman–Crippen MR) is 117 cm³/mol. The lowest BCUT2D eigenvalue weighted by Crippen LogP contribution is -2.57. The molecule has 1 fully saturated rings. The molecule has 0 radical (unpaired) electrons. The van der Waals surface area contributed by atoms with Crippen LogP contribution in [0.4, 0.5) is 4.79 Å². The average Bonchev–Trinajstić information content (AvgIpc) is 2.79. The zero-order valence-corrected chi connectivity index (χ0v) is 17.6. The summed E-state index contributed by atoms with van der Waals surface area (Å²) in [6.07, 6.45) is 2.96. The lowest BCUT2D eigenvalue weighted by atomic mass is 9.84. The van der Waals surface area contributed by atoms with Crippen LogP contribution in [0, 0.1) is 0 Å². The fraction of sp³-hybridized carbons (Fsp3) is 0.417. The number of methoxy groups -OCH3 is 1. The largest absolute Gasteiger partial charge is 0.385 e. The zero-order valence-electron chi connectivity index (χ0n) is 17.6. The van der Waals surface area contributed by atoms with Gasteiger partial charge in [-0.1, -0.05) is 48.5 Å². The van der Waals surface area contributed by atoms with Crippen LogP contribution in [-0.4, -0.2) is 55.7 Å². The molecule has 160 valence electrons. The molecule has 1 aliphatic rings. The Bertz CT molecular complexity index is 803. The maximum absolute atomic E-state index is 12.7. The minimum Gasteiger partial charge on any atom is -0.385 e. The molecule has 2 aromatic rings. The summed E-state index contributed by atoms with van der Waals surface area (Å²) in [7, 11) is 1.67. The molecule has 6 heteroatoms. The number of likely N-dealkylation sites (tertiary alicyclic amines) is 1. The quantitative estimate of drug-likeness (QED) is 0.703. The molecule has 3 amide bonds. The molecule has 0 bridgehead atoms. The molecule has 0 spiro atoms. The van der Waals surface area contributed by atoms with Gasteiger partial charge in [-0.3, -0.25) is 4.79 Å². The highest BCUT2D eigenvalue weighted by atomic mass is 16.5. The van der Waals surface area contributed by atoms with Crippen molar-refractivity contribution in [1.29, 1.82) is 0 Å². The van der Waals surface area contributed by atoms with Gasteiger partial charge in [-0.2, -0.15) is 0 Å². The zero-order chi connectivity index (χ0) is 21.2. The number of ether oxygens (including phenoxy) is 1. The summed E-state index contributed by atoms with van der Waals surface area (Å²) in [6, 6.07) is 19.3. The Balaban J connectivity index is 1.52. The topological polar surface area (TPSA) is 70.7 Å². The molecule has 0 aliphatic carbocycles. The number of nitrogens with zero attached hydrogens (tertiary/aromatic N) is 1. The lowest BCUT2D eigenvalue weighted by molar-refractivity contribution is 0.0746. The van der Waals surface area contributed by atoms with Crippen LogP contribution in [0.25, 0.3) is 0 Å². The molecule has 0 atom stereocenters. The summed E-state index contributed by atoms with van der Waals surface area (Å²) in [5.41, 5.74) is 1.50. The van der Waals surface area contributed by atoms with Crippen molar-refractivity contribution < 1.29 is 14.3 Å². The molecule has 1 heterocycles. The van der Waals surface area contributed by atoms with Crippen LogP contribution >= 0.6 is 0 Å². The number of amides is 3. The highest BCUT2D eigenvalue weighted by molar-refractivity contribution is 5.94. The number of rotatable bonds is 8. The number of carbonyl (C=O) groups is 2. The van der Waals surface area contributed by atoms with Gasteiger partial charge in [0.05, 0.1) is 0 Å². The molecule has 3 rings (SSSR count). The van der Waals surface area contributed by atoms with Gasteiger partial charge in [0.25, 0.3) is 5.91 Å². The minimum absolute atomic E-state index is 0.0411. The smallest absolute Gasteiger partial charge is 0.317 e. The van der Waals surface area contributed by atoms with E-state index in [1.54, 1.807) is 7.11 Å². The van der Waals surface area contributed by atoms with E-state index in [9.17, 15) is 9.59 Å². The van der Waals surface area contributed by atoms with Crippen LogP contribution in [0.15, 0.2) is 60.7 Å². The Hall–Kier alpha value is -2.86. The molecule has 6 nitrogen and oxygen atoms in total. The number of hydrogen-bond acceptors (Lipinski definition) is 3. The summed E-state index contributed by atoms with van der Waals surface area (Å²) < 4.78 is 5.28. The SMILES string of the molecule is COCCC1(NC(=O)c2ccccc2)CCN(C(=O)NCCc2ccccc2)CC1. The van der Waals surface area contributed by atoms with Gasteiger partial charge in [-0.25, -0.2) is 4.79 Å². The second-order valence-electron chi connectivity index (χ2n) is 7.80. The predicted octanol–water partition coefficient (Wildman–Crippen LogP) is 3.24. The summed E-state index contributed by atoms with van der Waals surface area (Å²) in [4.78, 5) is 27.1. The Kier molecular flexibility index (Phi) is 7.85. The number of benzene rings is 2. The van der Waals surface area contributed by atoms with Gasteiger partial charge in [0.15, 0.2) is 0 Å². The van der Waals surface area contributed by atoms with Crippen molar-refractivity contribution in [2.24, 2.45) is 0 Å². The Morgan fingerprint density at radius 2 is 1.63 bits per heavy atom. The third-order valence-corrected chi connectivity index (χ3v) is 5.74. The van der Waals surface area contributed by atoms with Crippen LogP contribution in [-0.2, 0) is 11.2 Å². The summed E-state index contributed by atoms with van der Waals surface area (Å²) in [5.74, 6) is -0.0764. The van der Waals surface area contributed by atoms with Crippen LogP contribution < -0.4 is 10.6 Å². The van der Waals surface area contributed by atoms with Crippen molar-refractivity contribution in [3.05, 3.63) is 71.8 Å². The second-order valence-corrected chi connectivity index (χ2v) is 7.80. The molecule has 2 aromatic carbocycles. The first-order chi connectivity index (χ1) is 14.6. The van der Waals surface area contributed by atoms with Gasteiger partial charge >= 0.3 is 6.03 Å². The first-order valence-electron chi connectivity index (χ1n) is 10.6. The number of nitrogens with one attached hydrogen (secondary N) is 2. The van der Waals surface area contributed by atoms with E-state index in [1.165, 1.54) is 5.56 Å². The normalized spacial score (nSPS) is 15.4. The molecule has 0 saturated carbocycles. The van der Waals surface area contributed by atoms with Crippen molar-refractivity contribution >= 4 is 11.9 Å². The number of urea groups is 1. The monoisotopic (exact) mass is 409 g/mol. The summed E-state index contributed by atoms with van der Waals surface area (Å²) >= 11 is 0. The lowest BCUT2D eigenvalue weighted by Gasteiger charge is -2.42. The Labute approximate surface area is 178 Å². The van der Waals surface area contributed by atoms with E-state index in [0.717, 1.165) is 12.8 Å². The molecular formula is C24H31N3O3. The summed E-state index contributed by atoms with van der Waals surface area (Å²) in [5, 5.41) is 6.24. The van der Waals surface area contributed by atoms with Crippen LogP contribution in [0.3, 0.4) is 0 Å².